The van der Waals surface area contributed by atoms with Crippen LogP contribution in [-0.2, 0) is 9.53 Å². The Morgan fingerprint density at radius 2 is 1.96 bits per heavy atom. The van der Waals surface area contributed by atoms with Gasteiger partial charge >= 0.3 is 5.97 Å². The van der Waals surface area contributed by atoms with E-state index < -0.39 is 18.5 Å². The van der Waals surface area contributed by atoms with E-state index >= 15 is 0 Å². The monoisotopic (exact) mass is 553 g/mol. The molecule has 0 aliphatic carbocycles. The number of carbonyl (C=O) groups excluding carboxylic acids is 2. The van der Waals surface area contributed by atoms with E-state index in [-0.39, 0.29) is 11.3 Å². The van der Waals surface area contributed by atoms with Crippen molar-refractivity contribution in [3.63, 3.8) is 0 Å². The highest BCUT2D eigenvalue weighted by Crippen LogP contribution is 2.32. The molecule has 0 aliphatic heterocycles. The fourth-order valence-corrected chi connectivity index (χ4v) is 3.46. The van der Waals surface area contributed by atoms with Crippen LogP contribution >= 0.6 is 54.5 Å². The molecule has 2 aromatic rings. The third kappa shape index (κ3) is 5.18. The molecule has 23 heavy (non-hydrogen) atoms. The van der Waals surface area contributed by atoms with E-state index in [0.29, 0.717) is 14.6 Å². The summed E-state index contributed by atoms with van der Waals surface area (Å²) in [6.07, 6.45) is 0. The predicted molar refractivity (Wildman–Crippen MR) is 102 cm³/mol. The number of esters is 1. The Hall–Kier alpha value is -1.13. The third-order valence-corrected chi connectivity index (χ3v) is 4.42. The van der Waals surface area contributed by atoms with Crippen LogP contribution in [0.5, 0.6) is 5.75 Å². The van der Waals surface area contributed by atoms with Gasteiger partial charge in [-0.1, -0.05) is 22.0 Å². The summed E-state index contributed by atoms with van der Waals surface area (Å²) in [5.41, 5.74) is 0.583. The summed E-state index contributed by atoms with van der Waals surface area (Å²) in [6, 6.07) is 10.2. The van der Waals surface area contributed by atoms with Gasteiger partial charge in [-0.05, 0) is 68.9 Å². The molecular formula is C15H10Br2INO4. The molecular weight excluding hydrogens is 545 g/mol. The fraction of sp³-hybridized carbons (Fsp3) is 0.0667. The number of nitrogens with one attached hydrogen (secondary N) is 1. The summed E-state index contributed by atoms with van der Waals surface area (Å²) < 4.78 is 6.85. The van der Waals surface area contributed by atoms with E-state index in [1.807, 2.05) is 6.07 Å². The Labute approximate surface area is 162 Å². The molecule has 120 valence electrons. The van der Waals surface area contributed by atoms with E-state index in [1.165, 1.54) is 6.07 Å². The molecule has 0 saturated carbocycles. The van der Waals surface area contributed by atoms with Gasteiger partial charge in [0.2, 0.25) is 0 Å². The second kappa shape index (κ2) is 8.11. The van der Waals surface area contributed by atoms with Crippen molar-refractivity contribution in [1.82, 2.24) is 0 Å². The highest BCUT2D eigenvalue weighted by molar-refractivity contribution is 14.1. The van der Waals surface area contributed by atoms with E-state index in [2.05, 4.69) is 59.8 Å². The number of amides is 1. The average Bonchev–Trinajstić information content (AvgIpc) is 2.48. The molecule has 0 aromatic heterocycles. The van der Waals surface area contributed by atoms with Crippen LogP contribution in [0.4, 0.5) is 5.69 Å². The third-order valence-electron chi connectivity index (χ3n) is 2.69. The molecule has 0 saturated heterocycles. The van der Waals surface area contributed by atoms with Crippen molar-refractivity contribution < 1.29 is 19.4 Å². The molecule has 0 bridgehead atoms. The first-order valence-corrected chi connectivity index (χ1v) is 8.94. The Morgan fingerprint density at radius 3 is 2.65 bits per heavy atom. The number of ether oxygens (including phenoxy) is 1. The van der Waals surface area contributed by atoms with Gasteiger partial charge < -0.3 is 15.2 Å². The van der Waals surface area contributed by atoms with Crippen LogP contribution in [0, 0.1) is 3.57 Å². The van der Waals surface area contributed by atoms with E-state index in [0.717, 1.165) is 3.57 Å². The molecule has 0 heterocycles. The van der Waals surface area contributed by atoms with Crippen LogP contribution in [0.1, 0.15) is 10.4 Å². The first-order chi connectivity index (χ1) is 10.9. The number of phenols is 1. The Kier molecular flexibility index (Phi) is 6.42. The highest BCUT2D eigenvalue weighted by Gasteiger charge is 2.17. The number of anilines is 1. The number of hydrogen-bond donors (Lipinski definition) is 2. The highest BCUT2D eigenvalue weighted by atomic mass is 127. The maximum atomic E-state index is 12.0. The van der Waals surface area contributed by atoms with Gasteiger partial charge in [-0.15, -0.1) is 0 Å². The number of carbonyl (C=O) groups is 2. The summed E-state index contributed by atoms with van der Waals surface area (Å²) in [4.78, 5) is 23.8. The van der Waals surface area contributed by atoms with Gasteiger partial charge in [-0.3, -0.25) is 4.79 Å². The minimum atomic E-state index is -0.790. The minimum Gasteiger partial charge on any atom is -0.506 e. The standard InChI is InChI=1S/C15H10Br2INO4/c16-8-4-11(14(21)12(17)5-8)15(22)23-7-13(20)19-10-3-1-2-9(18)6-10/h1-6,21H,7H2,(H,19,20). The molecule has 0 spiro atoms. The largest absolute Gasteiger partial charge is 0.506 e. The number of halogens is 3. The first-order valence-electron chi connectivity index (χ1n) is 6.27. The van der Waals surface area contributed by atoms with Crippen LogP contribution < -0.4 is 5.32 Å². The average molecular weight is 555 g/mol. The maximum absolute atomic E-state index is 12.0. The number of rotatable bonds is 4. The van der Waals surface area contributed by atoms with Crippen LogP contribution in [0.15, 0.2) is 45.3 Å². The molecule has 8 heteroatoms. The summed E-state index contributed by atoms with van der Waals surface area (Å²) in [5.74, 6) is -1.49. The van der Waals surface area contributed by atoms with E-state index in [9.17, 15) is 14.7 Å². The second-order valence-corrected chi connectivity index (χ2v) is 7.43. The molecule has 0 atom stereocenters. The van der Waals surface area contributed by atoms with E-state index in [1.54, 1.807) is 24.3 Å². The summed E-state index contributed by atoms with van der Waals surface area (Å²) in [6.45, 7) is -0.451. The minimum absolute atomic E-state index is 0.0340. The first kappa shape index (κ1) is 18.2. The lowest BCUT2D eigenvalue weighted by Gasteiger charge is -2.09. The van der Waals surface area contributed by atoms with E-state index in [4.69, 9.17) is 4.74 Å². The second-order valence-electron chi connectivity index (χ2n) is 4.42. The van der Waals surface area contributed by atoms with Gasteiger partial charge in [-0.2, -0.15) is 0 Å². The lowest BCUT2D eigenvalue weighted by atomic mass is 10.2. The Balaban J connectivity index is 1.98. The van der Waals surface area contributed by atoms with Crippen molar-refractivity contribution in [2.75, 3.05) is 11.9 Å². The van der Waals surface area contributed by atoms with Gasteiger partial charge in [0.1, 0.15) is 11.3 Å². The zero-order valence-electron chi connectivity index (χ0n) is 11.5. The molecule has 0 radical (unpaired) electrons. The number of phenolic OH excluding ortho intramolecular Hbond substituents is 1. The van der Waals surface area contributed by atoms with Crippen LogP contribution in [-0.4, -0.2) is 23.6 Å². The quantitative estimate of drug-likeness (QED) is 0.436. The Morgan fingerprint density at radius 1 is 1.22 bits per heavy atom. The normalized spacial score (nSPS) is 10.2. The van der Waals surface area contributed by atoms with Gasteiger partial charge in [0.05, 0.1) is 4.47 Å². The van der Waals surface area contributed by atoms with Crippen molar-refractivity contribution in [2.45, 2.75) is 0 Å². The molecule has 5 nitrogen and oxygen atoms in total. The van der Waals surface area contributed by atoms with Crippen LogP contribution in [0.3, 0.4) is 0 Å². The Bertz CT molecular complexity index is 767. The maximum Gasteiger partial charge on any atom is 0.342 e. The molecule has 2 N–H and O–H groups in total. The molecule has 0 aliphatic rings. The lowest BCUT2D eigenvalue weighted by molar-refractivity contribution is -0.119. The molecule has 2 aromatic carbocycles. The van der Waals surface area contributed by atoms with Crippen molar-refractivity contribution in [2.24, 2.45) is 0 Å². The molecule has 0 unspecified atom stereocenters. The van der Waals surface area contributed by atoms with Crippen molar-refractivity contribution >= 4 is 72.0 Å². The predicted octanol–water partition coefficient (Wildman–Crippen LogP) is 4.32. The van der Waals surface area contributed by atoms with Gasteiger partial charge in [0.15, 0.2) is 6.61 Å². The lowest BCUT2D eigenvalue weighted by Crippen LogP contribution is -2.21. The SMILES string of the molecule is O=C(COC(=O)c1cc(Br)cc(Br)c1O)Nc1cccc(I)c1. The van der Waals surface area contributed by atoms with Gasteiger partial charge in [-0.25, -0.2) is 4.79 Å². The molecule has 2 rings (SSSR count). The zero-order valence-corrected chi connectivity index (χ0v) is 16.8. The number of hydrogen-bond acceptors (Lipinski definition) is 4. The fourth-order valence-electron chi connectivity index (χ4n) is 1.69. The van der Waals surface area contributed by atoms with Crippen LogP contribution in [0.25, 0.3) is 0 Å². The summed E-state index contributed by atoms with van der Waals surface area (Å²) >= 11 is 8.47. The molecule has 0 fully saturated rings. The van der Waals surface area contributed by atoms with Crippen LogP contribution in [0.2, 0.25) is 0 Å². The number of benzene rings is 2. The van der Waals surface area contributed by atoms with Crippen molar-refractivity contribution in [1.29, 1.82) is 0 Å². The molecule has 1 amide bonds. The van der Waals surface area contributed by atoms with Crippen molar-refractivity contribution in [3.8, 4) is 5.75 Å². The smallest absolute Gasteiger partial charge is 0.342 e. The summed E-state index contributed by atoms with van der Waals surface area (Å²) in [7, 11) is 0. The zero-order chi connectivity index (χ0) is 17.0. The van der Waals surface area contributed by atoms with Gasteiger partial charge in [0, 0.05) is 13.7 Å². The van der Waals surface area contributed by atoms with Crippen molar-refractivity contribution in [3.05, 3.63) is 54.5 Å². The topological polar surface area (TPSA) is 75.6 Å². The number of aromatic hydroxyl groups is 1. The van der Waals surface area contributed by atoms with Gasteiger partial charge in [0.25, 0.3) is 5.91 Å². The summed E-state index contributed by atoms with van der Waals surface area (Å²) in [5, 5.41) is 12.5.